The van der Waals surface area contributed by atoms with Crippen LogP contribution in [0.4, 0.5) is 5.82 Å². The van der Waals surface area contributed by atoms with Gasteiger partial charge < -0.3 is 5.11 Å². The molecule has 16 heavy (non-hydrogen) atoms. The Morgan fingerprint density at radius 1 is 1.62 bits per heavy atom. The van der Waals surface area contributed by atoms with Crippen molar-refractivity contribution in [1.82, 2.24) is 19.3 Å². The highest BCUT2D eigenvalue weighted by molar-refractivity contribution is 7.90. The monoisotopic (exact) mass is 249 g/mol. The van der Waals surface area contributed by atoms with Gasteiger partial charge in [-0.15, -0.1) is 5.10 Å². The Morgan fingerprint density at radius 2 is 2.25 bits per heavy atom. The summed E-state index contributed by atoms with van der Waals surface area (Å²) >= 11 is 0. The van der Waals surface area contributed by atoms with Crippen LogP contribution >= 0.6 is 0 Å². The van der Waals surface area contributed by atoms with Gasteiger partial charge in [-0.25, -0.2) is 4.68 Å². The first kappa shape index (κ1) is 12.4. The second kappa shape index (κ2) is 4.45. The third-order valence-corrected chi connectivity index (χ3v) is 2.98. The minimum absolute atomic E-state index is 0.0325. The number of nitrogens with zero attached hydrogens (tertiary/aromatic N) is 4. The van der Waals surface area contributed by atoms with Crippen molar-refractivity contribution in [3.8, 4) is 0 Å². The Morgan fingerprint density at radius 3 is 2.75 bits per heavy atom. The maximum Gasteiger partial charge on any atom is 0.325 e. The lowest BCUT2D eigenvalue weighted by molar-refractivity contribution is -0.137. The van der Waals surface area contributed by atoms with E-state index in [-0.39, 0.29) is 12.4 Å². The third kappa shape index (κ3) is 3.17. The standard InChI is InChI=1S/C6H11N5O4S/c1-10(2)16(14,15)8-5-3-11(9-7-5)4-6(12)13/h3,8H,4H2,1-2H3,(H,12,13). The summed E-state index contributed by atoms with van der Waals surface area (Å²) in [6.45, 7) is -0.378. The van der Waals surface area contributed by atoms with E-state index >= 15 is 0 Å². The summed E-state index contributed by atoms with van der Waals surface area (Å²) in [5.74, 6) is -1.12. The molecule has 0 spiro atoms. The van der Waals surface area contributed by atoms with Crippen molar-refractivity contribution in [2.75, 3.05) is 18.8 Å². The number of aliphatic carboxylic acids is 1. The highest BCUT2D eigenvalue weighted by atomic mass is 32.2. The molecule has 1 heterocycles. The lowest BCUT2D eigenvalue weighted by Crippen LogP contribution is -2.29. The molecular weight excluding hydrogens is 238 g/mol. The molecule has 1 aromatic heterocycles. The number of hydrogen-bond donors (Lipinski definition) is 2. The Kier molecular flexibility index (Phi) is 3.44. The average Bonchev–Trinajstić information content (AvgIpc) is 2.50. The fraction of sp³-hybridized carbons (Fsp3) is 0.500. The summed E-state index contributed by atoms with van der Waals surface area (Å²) in [6, 6.07) is 0. The highest BCUT2D eigenvalue weighted by Gasteiger charge is 2.15. The van der Waals surface area contributed by atoms with Gasteiger partial charge in [-0.3, -0.25) is 9.52 Å². The molecule has 10 heteroatoms. The molecule has 0 radical (unpaired) electrons. The van der Waals surface area contributed by atoms with E-state index in [0.717, 1.165) is 8.99 Å². The van der Waals surface area contributed by atoms with Crippen molar-refractivity contribution < 1.29 is 18.3 Å². The van der Waals surface area contributed by atoms with Crippen LogP contribution in [0.3, 0.4) is 0 Å². The van der Waals surface area contributed by atoms with Gasteiger partial charge in [-0.05, 0) is 0 Å². The van der Waals surface area contributed by atoms with Gasteiger partial charge >= 0.3 is 16.2 Å². The molecule has 0 amide bonds. The quantitative estimate of drug-likeness (QED) is 0.661. The maximum absolute atomic E-state index is 11.4. The fourth-order valence-electron chi connectivity index (χ4n) is 0.784. The van der Waals surface area contributed by atoms with Crippen molar-refractivity contribution in [1.29, 1.82) is 0 Å². The van der Waals surface area contributed by atoms with E-state index in [0.29, 0.717) is 0 Å². The number of aromatic nitrogens is 3. The maximum atomic E-state index is 11.4. The van der Waals surface area contributed by atoms with Crippen LogP contribution in [-0.2, 0) is 21.5 Å². The van der Waals surface area contributed by atoms with Gasteiger partial charge in [-0.2, -0.15) is 12.7 Å². The molecule has 0 aliphatic rings. The number of nitrogens with one attached hydrogen (secondary N) is 1. The molecule has 0 aliphatic heterocycles. The van der Waals surface area contributed by atoms with E-state index in [1.54, 1.807) is 0 Å². The molecule has 0 aromatic carbocycles. The van der Waals surface area contributed by atoms with Gasteiger partial charge in [0.25, 0.3) is 0 Å². The zero-order valence-corrected chi connectivity index (χ0v) is 9.47. The van der Waals surface area contributed by atoms with Crippen LogP contribution in [0.2, 0.25) is 0 Å². The van der Waals surface area contributed by atoms with Crippen LogP contribution in [0.25, 0.3) is 0 Å². The lowest BCUT2D eigenvalue weighted by Gasteiger charge is -2.10. The molecule has 0 fully saturated rings. The Labute approximate surface area is 91.8 Å². The van der Waals surface area contributed by atoms with Gasteiger partial charge in [0.2, 0.25) is 0 Å². The van der Waals surface area contributed by atoms with Crippen LogP contribution < -0.4 is 4.72 Å². The van der Waals surface area contributed by atoms with Crippen LogP contribution in [0, 0.1) is 0 Å². The summed E-state index contributed by atoms with van der Waals surface area (Å²) in [6.07, 6.45) is 1.19. The Bertz CT molecular complexity index is 479. The smallest absolute Gasteiger partial charge is 0.325 e. The molecule has 0 atom stereocenters. The van der Waals surface area contributed by atoms with Crippen molar-refractivity contribution in [2.45, 2.75) is 6.54 Å². The average molecular weight is 249 g/mol. The molecule has 1 aromatic rings. The molecule has 90 valence electrons. The predicted molar refractivity (Wildman–Crippen MR) is 53.9 cm³/mol. The number of anilines is 1. The molecule has 0 saturated heterocycles. The second-order valence-corrected chi connectivity index (χ2v) is 4.97. The first-order valence-corrected chi connectivity index (χ1v) is 5.57. The predicted octanol–water partition coefficient (Wildman–Crippen LogP) is -1.42. The number of rotatable bonds is 5. The summed E-state index contributed by atoms with van der Waals surface area (Å²) in [5, 5.41) is 15.4. The van der Waals surface area contributed by atoms with Gasteiger partial charge in [0.05, 0.1) is 6.20 Å². The second-order valence-electron chi connectivity index (χ2n) is 3.08. The van der Waals surface area contributed by atoms with Gasteiger partial charge in [0.1, 0.15) is 6.54 Å². The van der Waals surface area contributed by atoms with Crippen LogP contribution in [0.5, 0.6) is 0 Å². The highest BCUT2D eigenvalue weighted by Crippen LogP contribution is 2.04. The zero-order chi connectivity index (χ0) is 12.3. The molecule has 0 aliphatic carbocycles. The van der Waals surface area contributed by atoms with Gasteiger partial charge in [0, 0.05) is 14.1 Å². The van der Waals surface area contributed by atoms with Crippen molar-refractivity contribution in [2.24, 2.45) is 0 Å². The minimum atomic E-state index is -3.65. The zero-order valence-electron chi connectivity index (χ0n) is 8.65. The van der Waals surface area contributed by atoms with Crippen LogP contribution in [0.15, 0.2) is 6.20 Å². The summed E-state index contributed by atoms with van der Waals surface area (Å²) in [4.78, 5) is 10.3. The number of carbonyl (C=O) groups is 1. The Hall–Kier alpha value is -1.68. The molecular formula is C6H11N5O4S. The van der Waals surface area contributed by atoms with E-state index in [1.807, 2.05) is 0 Å². The summed E-state index contributed by atoms with van der Waals surface area (Å²) < 4.78 is 26.8. The van der Waals surface area contributed by atoms with Crippen LogP contribution in [0.1, 0.15) is 0 Å². The van der Waals surface area contributed by atoms with E-state index < -0.39 is 16.2 Å². The van der Waals surface area contributed by atoms with Crippen molar-refractivity contribution >= 4 is 22.0 Å². The Balaban J connectivity index is 2.77. The SMILES string of the molecule is CN(C)S(=O)(=O)Nc1cn(CC(=O)O)nn1. The first-order valence-electron chi connectivity index (χ1n) is 4.13. The number of carboxylic acids is 1. The number of hydrogen-bond acceptors (Lipinski definition) is 5. The van der Waals surface area contributed by atoms with E-state index in [2.05, 4.69) is 15.0 Å². The summed E-state index contributed by atoms with van der Waals surface area (Å²) in [5.41, 5.74) is 0. The van der Waals surface area contributed by atoms with E-state index in [9.17, 15) is 13.2 Å². The lowest BCUT2D eigenvalue weighted by atomic mass is 10.6. The van der Waals surface area contributed by atoms with E-state index in [4.69, 9.17) is 5.11 Å². The molecule has 9 nitrogen and oxygen atoms in total. The van der Waals surface area contributed by atoms with Crippen molar-refractivity contribution in [3.63, 3.8) is 0 Å². The molecule has 0 saturated carbocycles. The topological polar surface area (TPSA) is 117 Å². The van der Waals surface area contributed by atoms with Crippen LogP contribution in [-0.4, -0.2) is 52.9 Å². The third-order valence-electron chi connectivity index (χ3n) is 1.55. The molecule has 0 unspecified atom stereocenters. The van der Waals surface area contributed by atoms with E-state index in [1.165, 1.54) is 20.3 Å². The first-order chi connectivity index (χ1) is 7.31. The number of carboxylic acid groups (broad SMARTS) is 1. The molecule has 1 rings (SSSR count). The van der Waals surface area contributed by atoms with Crippen molar-refractivity contribution in [3.05, 3.63) is 6.20 Å². The minimum Gasteiger partial charge on any atom is -0.480 e. The van der Waals surface area contributed by atoms with Gasteiger partial charge in [-0.1, -0.05) is 5.21 Å². The normalized spacial score (nSPS) is 11.7. The largest absolute Gasteiger partial charge is 0.480 e. The molecule has 2 N–H and O–H groups in total. The van der Waals surface area contributed by atoms with Gasteiger partial charge in [0.15, 0.2) is 5.82 Å². The molecule has 0 bridgehead atoms. The fourth-order valence-corrected chi connectivity index (χ4v) is 1.32. The summed E-state index contributed by atoms with van der Waals surface area (Å²) in [7, 11) is -0.944.